The summed E-state index contributed by atoms with van der Waals surface area (Å²) in [5.74, 6) is 0. The lowest BCUT2D eigenvalue weighted by atomic mass is 10.6. The topological polar surface area (TPSA) is 81.3 Å². The van der Waals surface area contributed by atoms with Gasteiger partial charge in [0.2, 0.25) is 0 Å². The molecular formula is C3H7NO3P+. The fourth-order valence-electron chi connectivity index (χ4n) is 0. The molecule has 0 rings (SSSR count). The van der Waals surface area contributed by atoms with Gasteiger partial charge in [0, 0.05) is 11.0 Å². The van der Waals surface area contributed by atoms with Crippen molar-refractivity contribution >= 4 is 8.25 Å². The van der Waals surface area contributed by atoms with E-state index in [9.17, 15) is 0 Å². The summed E-state index contributed by atoms with van der Waals surface area (Å²) >= 11 is 0. The third-order valence-electron chi connectivity index (χ3n) is 0.158. The van der Waals surface area contributed by atoms with Crippen LogP contribution in [0.25, 0.3) is 0 Å². The van der Waals surface area contributed by atoms with E-state index < -0.39 is 8.25 Å². The second-order valence-electron chi connectivity index (χ2n) is 0.764. The lowest BCUT2D eigenvalue weighted by Gasteiger charge is -1.47. The lowest BCUT2D eigenvalue weighted by molar-refractivity contribution is 0.405. The standard InChI is InChI=1S/C3H5N.HO3P/c1-2-3-4;1-4(2)3/h2H2,1H3;(H-,1,2,3)/p+1. The van der Waals surface area contributed by atoms with Crippen molar-refractivity contribution in [3.05, 3.63) is 0 Å². The van der Waals surface area contributed by atoms with Gasteiger partial charge in [-0.25, -0.2) is 0 Å². The SMILES string of the molecule is CCC#N.O=[P+](O)O. The van der Waals surface area contributed by atoms with Gasteiger partial charge in [-0.1, -0.05) is 6.92 Å². The zero-order valence-electron chi connectivity index (χ0n) is 4.40. The molecule has 46 valence electrons. The summed E-state index contributed by atoms with van der Waals surface area (Å²) in [6.45, 7) is 1.82. The van der Waals surface area contributed by atoms with Crippen LogP contribution in [-0.2, 0) is 4.57 Å². The molecule has 0 unspecified atom stereocenters. The fraction of sp³-hybridized carbons (Fsp3) is 0.667. The molecule has 0 aliphatic carbocycles. The quantitative estimate of drug-likeness (QED) is 0.476. The van der Waals surface area contributed by atoms with Crippen molar-refractivity contribution in [2.45, 2.75) is 13.3 Å². The molecule has 5 heteroatoms. The molecule has 0 spiro atoms. The van der Waals surface area contributed by atoms with Crippen molar-refractivity contribution in [1.82, 2.24) is 0 Å². The second-order valence-corrected chi connectivity index (χ2v) is 1.27. The summed E-state index contributed by atoms with van der Waals surface area (Å²) < 4.78 is 8.70. The Labute approximate surface area is 48.3 Å². The maximum atomic E-state index is 8.70. The number of nitriles is 1. The Balaban J connectivity index is 0. The maximum Gasteiger partial charge on any atom is 0.692 e. The molecule has 0 fully saturated rings. The molecule has 0 saturated heterocycles. The Hall–Kier alpha value is -0.490. The Bertz CT molecular complexity index is 93.2. The van der Waals surface area contributed by atoms with Gasteiger partial charge in [-0.2, -0.15) is 5.26 Å². The van der Waals surface area contributed by atoms with Crippen LogP contribution in [0.2, 0.25) is 0 Å². The molecule has 0 saturated carbocycles. The van der Waals surface area contributed by atoms with Crippen LogP contribution in [0, 0.1) is 11.3 Å². The van der Waals surface area contributed by atoms with Crippen LogP contribution in [0.5, 0.6) is 0 Å². The first-order chi connectivity index (χ1) is 3.65. The fourth-order valence-corrected chi connectivity index (χ4v) is 0. The molecule has 0 aromatic carbocycles. The predicted octanol–water partition coefficient (Wildman–Crippen LogP) is 0.548. The number of hydrogen-bond acceptors (Lipinski definition) is 2. The van der Waals surface area contributed by atoms with E-state index in [-0.39, 0.29) is 0 Å². The molecule has 0 aliphatic heterocycles. The highest BCUT2D eigenvalue weighted by Crippen LogP contribution is 1.98. The van der Waals surface area contributed by atoms with Crippen LogP contribution >= 0.6 is 8.25 Å². The minimum absolute atomic E-state index is 0.625. The van der Waals surface area contributed by atoms with Crippen molar-refractivity contribution in [2.24, 2.45) is 0 Å². The molecule has 0 aromatic heterocycles. The van der Waals surface area contributed by atoms with E-state index >= 15 is 0 Å². The van der Waals surface area contributed by atoms with Crippen LogP contribution in [0.4, 0.5) is 0 Å². The van der Waals surface area contributed by atoms with Crippen LogP contribution in [0.1, 0.15) is 13.3 Å². The van der Waals surface area contributed by atoms with E-state index in [0.29, 0.717) is 6.42 Å². The van der Waals surface area contributed by atoms with Crippen molar-refractivity contribution in [3.8, 4) is 6.07 Å². The zero-order chi connectivity index (χ0) is 6.99. The van der Waals surface area contributed by atoms with E-state index in [1.807, 2.05) is 13.0 Å². The minimum Gasteiger partial charge on any atom is -0.198 e. The molecule has 4 nitrogen and oxygen atoms in total. The average molecular weight is 136 g/mol. The van der Waals surface area contributed by atoms with E-state index in [1.165, 1.54) is 0 Å². The third-order valence-corrected chi connectivity index (χ3v) is 0.158. The predicted molar refractivity (Wildman–Crippen MR) is 27.9 cm³/mol. The van der Waals surface area contributed by atoms with Gasteiger partial charge in [0.25, 0.3) is 0 Å². The molecular weight excluding hydrogens is 129 g/mol. The van der Waals surface area contributed by atoms with Gasteiger partial charge >= 0.3 is 8.25 Å². The van der Waals surface area contributed by atoms with Crippen molar-refractivity contribution in [1.29, 1.82) is 5.26 Å². The Kier molecular flexibility index (Phi) is 12.7. The Morgan fingerprint density at radius 2 is 1.88 bits per heavy atom. The number of rotatable bonds is 0. The minimum atomic E-state index is -2.87. The van der Waals surface area contributed by atoms with Gasteiger partial charge in [-0.3, -0.25) is 0 Å². The summed E-state index contributed by atoms with van der Waals surface area (Å²) in [6.07, 6.45) is 0.625. The summed E-state index contributed by atoms with van der Waals surface area (Å²) in [4.78, 5) is 14.2. The van der Waals surface area contributed by atoms with Gasteiger partial charge in [0.05, 0.1) is 6.07 Å². The molecule has 0 amide bonds. The average Bonchev–Trinajstić information content (AvgIpc) is 1.65. The third kappa shape index (κ3) is 431. The Morgan fingerprint density at radius 3 is 1.88 bits per heavy atom. The molecule has 0 aliphatic rings. The van der Waals surface area contributed by atoms with Gasteiger partial charge < -0.3 is 0 Å². The van der Waals surface area contributed by atoms with Crippen LogP contribution in [-0.4, -0.2) is 9.79 Å². The molecule has 0 bridgehead atoms. The highest BCUT2D eigenvalue weighted by Gasteiger charge is 1.93. The molecule has 0 radical (unpaired) electrons. The van der Waals surface area contributed by atoms with Gasteiger partial charge in [-0.15, -0.1) is 9.79 Å². The smallest absolute Gasteiger partial charge is 0.198 e. The van der Waals surface area contributed by atoms with Gasteiger partial charge in [-0.05, 0) is 0 Å². The van der Waals surface area contributed by atoms with E-state index in [2.05, 4.69) is 0 Å². The van der Waals surface area contributed by atoms with Crippen molar-refractivity contribution in [2.75, 3.05) is 0 Å². The first-order valence-corrected chi connectivity index (χ1v) is 3.03. The second kappa shape index (κ2) is 9.72. The summed E-state index contributed by atoms with van der Waals surface area (Å²) in [5, 5.41) is 7.62. The largest absolute Gasteiger partial charge is 0.692 e. The molecule has 2 N–H and O–H groups in total. The van der Waals surface area contributed by atoms with Crippen molar-refractivity contribution in [3.63, 3.8) is 0 Å². The summed E-state index contributed by atoms with van der Waals surface area (Å²) in [7, 11) is -2.87. The highest BCUT2D eigenvalue weighted by molar-refractivity contribution is 7.30. The number of hydrogen-bond donors (Lipinski definition) is 2. The molecule has 0 atom stereocenters. The maximum absolute atomic E-state index is 8.70. The summed E-state index contributed by atoms with van der Waals surface area (Å²) in [5.41, 5.74) is 0. The lowest BCUT2D eigenvalue weighted by Crippen LogP contribution is -1.38. The first kappa shape index (κ1) is 10.5. The summed E-state index contributed by atoms with van der Waals surface area (Å²) in [6, 6.07) is 1.93. The highest BCUT2D eigenvalue weighted by atomic mass is 31.1. The molecule has 8 heavy (non-hydrogen) atoms. The van der Waals surface area contributed by atoms with Crippen LogP contribution in [0.15, 0.2) is 0 Å². The van der Waals surface area contributed by atoms with Gasteiger partial charge in [0.15, 0.2) is 0 Å². The normalized spacial score (nSPS) is 5.75. The van der Waals surface area contributed by atoms with E-state index in [0.717, 1.165) is 0 Å². The van der Waals surface area contributed by atoms with E-state index in [1.54, 1.807) is 0 Å². The van der Waals surface area contributed by atoms with Gasteiger partial charge in [0.1, 0.15) is 0 Å². The van der Waals surface area contributed by atoms with Crippen LogP contribution in [0.3, 0.4) is 0 Å². The van der Waals surface area contributed by atoms with Crippen molar-refractivity contribution < 1.29 is 14.4 Å². The number of nitrogens with zero attached hydrogens (tertiary/aromatic N) is 1. The molecule has 0 heterocycles. The van der Waals surface area contributed by atoms with Crippen LogP contribution < -0.4 is 0 Å². The first-order valence-electron chi connectivity index (χ1n) is 1.87. The Morgan fingerprint density at radius 1 is 1.75 bits per heavy atom. The zero-order valence-corrected chi connectivity index (χ0v) is 5.30. The monoisotopic (exact) mass is 136 g/mol. The van der Waals surface area contributed by atoms with E-state index in [4.69, 9.17) is 19.6 Å². The molecule has 0 aromatic rings.